The van der Waals surface area contributed by atoms with E-state index in [1.165, 1.54) is 49.2 Å². The minimum atomic E-state index is -0.911. The topological polar surface area (TPSA) is 186 Å². The van der Waals surface area contributed by atoms with E-state index in [9.17, 15) is 39.4 Å². The molecule has 0 spiro atoms. The quantitative estimate of drug-likeness (QED) is 0.0668. The standard InChI is InChI=1S/C44H46N4O7/c1-26-10-20-36(27(2)40(26)51)48-44(55)35-19-21-37(28(3)41(35)52)47-42(53)32-15-17-34(18-16-32)46-43(54)33(22-23-45)25-39(50)31-13-11-29(12-14-31)24-38(49)30-8-6-4-5-7-9-30/h10-21,30,33,51-52H,4-9,22,24-25H2,1-3H3,(H,46,54)(H,47,53)(H,48,55). The number of hydrogen-bond donors (Lipinski definition) is 5. The lowest BCUT2D eigenvalue weighted by atomic mass is 9.90. The molecule has 1 fully saturated rings. The highest BCUT2D eigenvalue weighted by Crippen LogP contribution is 2.32. The molecule has 1 aliphatic carbocycles. The molecule has 4 aromatic rings. The van der Waals surface area contributed by atoms with E-state index in [4.69, 9.17) is 0 Å². The van der Waals surface area contributed by atoms with Crippen LogP contribution in [0.5, 0.6) is 11.5 Å². The normalized spacial score (nSPS) is 13.5. The van der Waals surface area contributed by atoms with E-state index in [-0.39, 0.29) is 64.2 Å². The van der Waals surface area contributed by atoms with Gasteiger partial charge < -0.3 is 26.2 Å². The number of carbonyl (C=O) groups excluding carboxylic acids is 5. The molecule has 1 aliphatic rings. The van der Waals surface area contributed by atoms with Gasteiger partial charge in [-0.05, 0) is 87.2 Å². The van der Waals surface area contributed by atoms with Crippen molar-refractivity contribution in [3.05, 3.63) is 112 Å². The number of nitrogens with one attached hydrogen (secondary N) is 3. The molecule has 11 nitrogen and oxygen atoms in total. The third-order valence-electron chi connectivity index (χ3n) is 10.3. The number of amides is 3. The lowest BCUT2D eigenvalue weighted by Crippen LogP contribution is -2.25. The second kappa shape index (κ2) is 18.2. The Hall–Kier alpha value is -6.28. The SMILES string of the molecule is Cc1ccc(NC(=O)c2ccc(NC(=O)c3ccc(NC(=O)C(CC#N)CC(=O)c4ccc(CC(=O)C5CCCCCC5)cc4)cc3)c(C)c2O)c(C)c1O. The number of ketones is 2. The van der Waals surface area contributed by atoms with E-state index in [0.717, 1.165) is 31.2 Å². The van der Waals surface area contributed by atoms with E-state index < -0.39 is 23.6 Å². The van der Waals surface area contributed by atoms with E-state index in [1.54, 1.807) is 57.2 Å². The van der Waals surface area contributed by atoms with Crippen LogP contribution < -0.4 is 16.0 Å². The van der Waals surface area contributed by atoms with Crippen molar-refractivity contribution in [2.45, 2.75) is 78.6 Å². The van der Waals surface area contributed by atoms with E-state index >= 15 is 0 Å². The number of nitrogens with zero attached hydrogens (tertiary/aromatic N) is 1. The van der Waals surface area contributed by atoms with Gasteiger partial charge in [0.1, 0.15) is 17.3 Å². The molecule has 284 valence electrons. The van der Waals surface area contributed by atoms with Crippen molar-refractivity contribution in [1.29, 1.82) is 5.26 Å². The van der Waals surface area contributed by atoms with Gasteiger partial charge in [-0.15, -0.1) is 0 Å². The van der Waals surface area contributed by atoms with E-state index in [1.807, 2.05) is 6.07 Å². The van der Waals surface area contributed by atoms with Crippen LogP contribution in [0.25, 0.3) is 0 Å². The monoisotopic (exact) mass is 742 g/mol. The molecule has 0 aromatic heterocycles. The molecule has 11 heteroatoms. The Labute approximate surface area is 320 Å². The first-order valence-electron chi connectivity index (χ1n) is 18.5. The Morgan fingerprint density at radius 1 is 0.709 bits per heavy atom. The average molecular weight is 743 g/mol. The summed E-state index contributed by atoms with van der Waals surface area (Å²) in [4.78, 5) is 65.2. The Balaban J connectivity index is 1.16. The molecule has 0 heterocycles. The number of nitriles is 1. The van der Waals surface area contributed by atoms with Gasteiger partial charge in [-0.3, -0.25) is 24.0 Å². The fourth-order valence-electron chi connectivity index (χ4n) is 6.79. The van der Waals surface area contributed by atoms with Gasteiger partial charge in [0.25, 0.3) is 11.8 Å². The molecule has 0 bridgehead atoms. The van der Waals surface area contributed by atoms with Crippen LogP contribution in [0.2, 0.25) is 0 Å². The second-order valence-electron chi connectivity index (χ2n) is 14.2. The summed E-state index contributed by atoms with van der Waals surface area (Å²) in [5.74, 6) is -2.73. The van der Waals surface area contributed by atoms with Gasteiger partial charge in [-0.2, -0.15) is 5.26 Å². The van der Waals surface area contributed by atoms with Crippen molar-refractivity contribution >= 4 is 46.4 Å². The molecule has 1 saturated carbocycles. The Kier molecular flexibility index (Phi) is 13.2. The summed E-state index contributed by atoms with van der Waals surface area (Å²) in [6.07, 6.45) is 6.38. The molecular weight excluding hydrogens is 697 g/mol. The van der Waals surface area contributed by atoms with Crippen LogP contribution in [0.1, 0.15) is 105 Å². The summed E-state index contributed by atoms with van der Waals surface area (Å²) in [6.45, 7) is 4.97. The summed E-state index contributed by atoms with van der Waals surface area (Å²) in [5, 5.41) is 38.6. The highest BCUT2D eigenvalue weighted by atomic mass is 16.3. The average Bonchev–Trinajstić information content (AvgIpc) is 3.47. The van der Waals surface area contributed by atoms with Gasteiger partial charge in [-0.1, -0.05) is 56.0 Å². The zero-order valence-corrected chi connectivity index (χ0v) is 31.3. The minimum absolute atomic E-state index is 0.0163. The number of carbonyl (C=O) groups is 5. The van der Waals surface area contributed by atoms with Gasteiger partial charge >= 0.3 is 0 Å². The second-order valence-corrected chi connectivity index (χ2v) is 14.2. The van der Waals surface area contributed by atoms with Crippen LogP contribution in [0.15, 0.2) is 72.8 Å². The molecule has 5 N–H and O–H groups in total. The maximum atomic E-state index is 13.2. The summed E-state index contributed by atoms with van der Waals surface area (Å²) < 4.78 is 0. The molecule has 5 rings (SSSR count). The van der Waals surface area contributed by atoms with Crippen LogP contribution >= 0.6 is 0 Å². The Morgan fingerprint density at radius 2 is 1.29 bits per heavy atom. The fraction of sp³-hybridized carbons (Fsp3) is 0.318. The highest BCUT2D eigenvalue weighted by Gasteiger charge is 2.24. The Bertz CT molecular complexity index is 2130. The third-order valence-corrected chi connectivity index (χ3v) is 10.3. The highest BCUT2D eigenvalue weighted by molar-refractivity contribution is 6.09. The predicted octanol–water partition coefficient (Wildman–Crippen LogP) is 8.35. The van der Waals surface area contributed by atoms with Gasteiger partial charge in [0, 0.05) is 64.5 Å². The zero-order valence-electron chi connectivity index (χ0n) is 31.3. The van der Waals surface area contributed by atoms with E-state index in [0.29, 0.717) is 34.5 Å². The van der Waals surface area contributed by atoms with Crippen molar-refractivity contribution in [2.24, 2.45) is 11.8 Å². The summed E-state index contributed by atoms with van der Waals surface area (Å²) >= 11 is 0. The number of phenols is 2. The molecule has 0 saturated heterocycles. The first-order valence-corrected chi connectivity index (χ1v) is 18.5. The first-order chi connectivity index (χ1) is 26.4. The molecule has 3 amide bonds. The predicted molar refractivity (Wildman–Crippen MR) is 210 cm³/mol. The molecule has 1 unspecified atom stereocenters. The molecule has 4 aromatic carbocycles. The number of phenolic OH excluding ortho intramolecular Hbond substituents is 2. The van der Waals surface area contributed by atoms with Crippen molar-refractivity contribution in [2.75, 3.05) is 16.0 Å². The summed E-state index contributed by atoms with van der Waals surface area (Å²) in [7, 11) is 0. The van der Waals surface area contributed by atoms with Crippen molar-refractivity contribution in [3.63, 3.8) is 0 Å². The smallest absolute Gasteiger partial charge is 0.259 e. The van der Waals surface area contributed by atoms with Crippen LogP contribution in [0.3, 0.4) is 0 Å². The number of Topliss-reactive ketones (excluding diaryl/α,β-unsaturated/α-hetero) is 2. The summed E-state index contributed by atoms with van der Waals surface area (Å²) in [6, 6.07) is 21.1. The van der Waals surface area contributed by atoms with Gasteiger partial charge in [0.05, 0.1) is 17.6 Å². The molecule has 1 atom stereocenters. The fourth-order valence-corrected chi connectivity index (χ4v) is 6.79. The van der Waals surface area contributed by atoms with Crippen LogP contribution in [-0.2, 0) is 16.0 Å². The first kappa shape index (κ1) is 39.9. The number of benzene rings is 4. The van der Waals surface area contributed by atoms with Crippen LogP contribution in [-0.4, -0.2) is 39.5 Å². The third kappa shape index (κ3) is 10.0. The number of aryl methyl sites for hydroxylation is 1. The van der Waals surface area contributed by atoms with Crippen molar-refractivity contribution in [1.82, 2.24) is 0 Å². The number of anilines is 3. The molecular formula is C44H46N4O7. The lowest BCUT2D eigenvalue weighted by molar-refractivity contribution is -0.122. The van der Waals surface area contributed by atoms with Crippen molar-refractivity contribution < 1.29 is 34.2 Å². The van der Waals surface area contributed by atoms with Gasteiger partial charge in [0.15, 0.2) is 5.78 Å². The zero-order chi connectivity index (χ0) is 39.6. The number of rotatable bonds is 13. The van der Waals surface area contributed by atoms with Gasteiger partial charge in [-0.25, -0.2) is 0 Å². The number of aromatic hydroxyl groups is 2. The summed E-state index contributed by atoms with van der Waals surface area (Å²) in [5.41, 5.74) is 3.93. The lowest BCUT2D eigenvalue weighted by Gasteiger charge is -2.15. The molecule has 55 heavy (non-hydrogen) atoms. The van der Waals surface area contributed by atoms with Gasteiger partial charge in [0.2, 0.25) is 5.91 Å². The number of hydrogen-bond acceptors (Lipinski definition) is 8. The minimum Gasteiger partial charge on any atom is -0.507 e. The molecule has 0 aliphatic heterocycles. The van der Waals surface area contributed by atoms with E-state index in [2.05, 4.69) is 16.0 Å². The largest absolute Gasteiger partial charge is 0.507 e. The molecule has 0 radical (unpaired) electrons. The van der Waals surface area contributed by atoms with Crippen LogP contribution in [0.4, 0.5) is 17.1 Å². The van der Waals surface area contributed by atoms with Crippen LogP contribution in [0, 0.1) is 43.9 Å². The Morgan fingerprint density at radius 3 is 1.93 bits per heavy atom. The maximum Gasteiger partial charge on any atom is 0.259 e. The van der Waals surface area contributed by atoms with Crippen molar-refractivity contribution in [3.8, 4) is 17.6 Å². The maximum absolute atomic E-state index is 13.2.